The normalized spacial score (nSPS) is 25.0. The van der Waals surface area contributed by atoms with Gasteiger partial charge in [-0.2, -0.15) is 0 Å². The van der Waals surface area contributed by atoms with Crippen molar-refractivity contribution in [2.24, 2.45) is 23.7 Å². The van der Waals surface area contributed by atoms with Crippen molar-refractivity contribution >= 4 is 11.6 Å². The molecule has 2 nitrogen and oxygen atoms in total. The Labute approximate surface area is 142 Å². The number of anilines is 1. The van der Waals surface area contributed by atoms with Gasteiger partial charge in [0.15, 0.2) is 0 Å². The van der Waals surface area contributed by atoms with Crippen molar-refractivity contribution in [1.82, 2.24) is 0 Å². The maximum atomic E-state index is 12.8. The van der Waals surface area contributed by atoms with Crippen LogP contribution in [0.2, 0.25) is 0 Å². The number of rotatable bonds is 4. The van der Waals surface area contributed by atoms with Gasteiger partial charge in [0.2, 0.25) is 5.91 Å². The molecule has 0 aromatic heterocycles. The van der Waals surface area contributed by atoms with E-state index in [-0.39, 0.29) is 11.8 Å². The first kappa shape index (κ1) is 18.0. The van der Waals surface area contributed by atoms with E-state index < -0.39 is 0 Å². The van der Waals surface area contributed by atoms with Crippen LogP contribution in [0.3, 0.4) is 0 Å². The Bertz CT molecular complexity index is 547. The summed E-state index contributed by atoms with van der Waals surface area (Å²) in [5, 5.41) is 3.19. The number of hydrogen-bond donors (Lipinski definition) is 1. The molecular formula is C21H33NO. The highest BCUT2D eigenvalue weighted by Crippen LogP contribution is 2.38. The quantitative estimate of drug-likeness (QED) is 0.751. The lowest BCUT2D eigenvalue weighted by Gasteiger charge is -2.36. The van der Waals surface area contributed by atoms with Crippen LogP contribution in [0.5, 0.6) is 0 Å². The summed E-state index contributed by atoms with van der Waals surface area (Å²) in [6.45, 7) is 13.3. The molecule has 1 aromatic carbocycles. The lowest BCUT2D eigenvalue weighted by Crippen LogP contribution is -2.36. The zero-order chi connectivity index (χ0) is 17.1. The Balaban J connectivity index is 2.12. The minimum Gasteiger partial charge on any atom is -0.326 e. The zero-order valence-corrected chi connectivity index (χ0v) is 15.6. The number of nitrogens with one attached hydrogen (secondary N) is 1. The highest BCUT2D eigenvalue weighted by molar-refractivity contribution is 5.93. The van der Waals surface area contributed by atoms with Crippen LogP contribution in [0.15, 0.2) is 18.2 Å². The number of benzene rings is 1. The second-order valence-corrected chi connectivity index (χ2v) is 8.15. The van der Waals surface area contributed by atoms with Crippen LogP contribution in [0, 0.1) is 30.6 Å². The number of carbonyl (C=O) groups is 1. The van der Waals surface area contributed by atoms with Crippen molar-refractivity contribution in [1.29, 1.82) is 0 Å². The molecule has 0 bridgehead atoms. The van der Waals surface area contributed by atoms with E-state index in [2.05, 4.69) is 65.1 Å². The zero-order valence-electron chi connectivity index (χ0n) is 15.6. The van der Waals surface area contributed by atoms with Crippen molar-refractivity contribution in [3.8, 4) is 0 Å². The maximum Gasteiger partial charge on any atom is 0.227 e. The molecule has 2 heteroatoms. The summed E-state index contributed by atoms with van der Waals surface area (Å²) in [5.74, 6) is 2.64. The number of amides is 1. The van der Waals surface area contributed by atoms with Gasteiger partial charge in [-0.05, 0) is 66.7 Å². The van der Waals surface area contributed by atoms with Crippen molar-refractivity contribution in [3.63, 3.8) is 0 Å². The van der Waals surface area contributed by atoms with Crippen molar-refractivity contribution in [2.45, 2.75) is 66.7 Å². The van der Waals surface area contributed by atoms with E-state index in [1.165, 1.54) is 24.0 Å². The Hall–Kier alpha value is -1.31. The molecule has 1 saturated carbocycles. The Morgan fingerprint density at radius 2 is 1.87 bits per heavy atom. The summed E-state index contributed by atoms with van der Waals surface area (Å²) in [4.78, 5) is 12.8. The predicted octanol–water partition coefficient (Wildman–Crippen LogP) is 5.77. The standard InChI is InChI=1S/C21H33NO/c1-13(2)18-10-8-17(12-16(18)6)22-21(23)20-11-15(5)7-9-19(20)14(3)4/h8,10,12-15,19-20H,7,9,11H2,1-6H3,(H,22,23). The van der Waals surface area contributed by atoms with Gasteiger partial charge in [-0.25, -0.2) is 0 Å². The largest absolute Gasteiger partial charge is 0.326 e. The van der Waals surface area contributed by atoms with E-state index in [0.29, 0.717) is 23.7 Å². The Kier molecular flexibility index (Phi) is 5.89. The molecule has 1 aliphatic carbocycles. The van der Waals surface area contributed by atoms with Gasteiger partial charge in [-0.15, -0.1) is 0 Å². The molecule has 0 aliphatic heterocycles. The fourth-order valence-corrected chi connectivity index (χ4v) is 4.14. The monoisotopic (exact) mass is 315 g/mol. The number of aryl methyl sites for hydroxylation is 1. The molecule has 0 radical (unpaired) electrons. The van der Waals surface area contributed by atoms with E-state index in [1.54, 1.807) is 0 Å². The molecule has 23 heavy (non-hydrogen) atoms. The third-order valence-corrected chi connectivity index (χ3v) is 5.52. The molecule has 3 atom stereocenters. The molecule has 0 spiro atoms. The minimum absolute atomic E-state index is 0.156. The van der Waals surface area contributed by atoms with Gasteiger partial charge in [0.1, 0.15) is 0 Å². The van der Waals surface area contributed by atoms with Gasteiger partial charge in [0.25, 0.3) is 0 Å². The van der Waals surface area contributed by atoms with Gasteiger partial charge in [0, 0.05) is 11.6 Å². The van der Waals surface area contributed by atoms with Crippen molar-refractivity contribution in [3.05, 3.63) is 29.3 Å². The van der Waals surface area contributed by atoms with Crippen LogP contribution < -0.4 is 5.32 Å². The van der Waals surface area contributed by atoms with Gasteiger partial charge >= 0.3 is 0 Å². The van der Waals surface area contributed by atoms with E-state index >= 15 is 0 Å². The molecule has 0 saturated heterocycles. The van der Waals surface area contributed by atoms with Gasteiger partial charge < -0.3 is 5.32 Å². The number of carbonyl (C=O) groups excluding carboxylic acids is 1. The maximum absolute atomic E-state index is 12.8. The topological polar surface area (TPSA) is 29.1 Å². The number of hydrogen-bond acceptors (Lipinski definition) is 1. The molecular weight excluding hydrogens is 282 g/mol. The molecule has 1 amide bonds. The van der Waals surface area contributed by atoms with E-state index in [4.69, 9.17) is 0 Å². The fourth-order valence-electron chi connectivity index (χ4n) is 4.14. The molecule has 1 fully saturated rings. The van der Waals surface area contributed by atoms with E-state index in [0.717, 1.165) is 12.1 Å². The second-order valence-electron chi connectivity index (χ2n) is 8.15. The van der Waals surface area contributed by atoms with Crippen molar-refractivity contribution < 1.29 is 4.79 Å². The summed E-state index contributed by atoms with van der Waals surface area (Å²) >= 11 is 0. The summed E-state index contributed by atoms with van der Waals surface area (Å²) in [7, 11) is 0. The van der Waals surface area contributed by atoms with Crippen LogP contribution in [0.4, 0.5) is 5.69 Å². The molecule has 1 N–H and O–H groups in total. The Morgan fingerprint density at radius 3 is 2.43 bits per heavy atom. The molecule has 2 rings (SSSR count). The highest BCUT2D eigenvalue weighted by atomic mass is 16.1. The average Bonchev–Trinajstić information content (AvgIpc) is 2.46. The summed E-state index contributed by atoms with van der Waals surface area (Å²) in [6.07, 6.45) is 3.47. The molecule has 128 valence electrons. The molecule has 1 aliphatic rings. The minimum atomic E-state index is 0.156. The van der Waals surface area contributed by atoms with Crippen molar-refractivity contribution in [2.75, 3.05) is 5.32 Å². The predicted molar refractivity (Wildman–Crippen MR) is 98.7 cm³/mol. The van der Waals surface area contributed by atoms with Crippen LogP contribution in [0.1, 0.15) is 70.9 Å². The molecule has 3 unspecified atom stereocenters. The summed E-state index contributed by atoms with van der Waals surface area (Å²) in [5.41, 5.74) is 3.56. The van der Waals surface area contributed by atoms with Crippen LogP contribution in [0.25, 0.3) is 0 Å². The summed E-state index contributed by atoms with van der Waals surface area (Å²) in [6, 6.07) is 6.32. The van der Waals surface area contributed by atoms with E-state index in [1.807, 2.05) is 0 Å². The lowest BCUT2D eigenvalue weighted by molar-refractivity contribution is -0.123. The molecule has 0 heterocycles. The first-order valence-electron chi connectivity index (χ1n) is 9.21. The van der Waals surface area contributed by atoms with Crippen LogP contribution in [-0.2, 0) is 4.79 Å². The smallest absolute Gasteiger partial charge is 0.227 e. The van der Waals surface area contributed by atoms with Gasteiger partial charge in [0.05, 0.1) is 0 Å². The third-order valence-electron chi connectivity index (χ3n) is 5.52. The summed E-state index contributed by atoms with van der Waals surface area (Å²) < 4.78 is 0. The van der Waals surface area contributed by atoms with Crippen LogP contribution >= 0.6 is 0 Å². The third kappa shape index (κ3) is 4.37. The molecule has 1 aromatic rings. The van der Waals surface area contributed by atoms with E-state index in [9.17, 15) is 4.79 Å². The first-order valence-corrected chi connectivity index (χ1v) is 9.21. The average molecular weight is 316 g/mol. The van der Waals surface area contributed by atoms with Gasteiger partial charge in [-0.1, -0.05) is 47.1 Å². The Morgan fingerprint density at radius 1 is 1.17 bits per heavy atom. The van der Waals surface area contributed by atoms with Gasteiger partial charge in [-0.3, -0.25) is 4.79 Å². The van der Waals surface area contributed by atoms with Crippen LogP contribution in [-0.4, -0.2) is 5.91 Å². The highest BCUT2D eigenvalue weighted by Gasteiger charge is 2.35. The second kappa shape index (κ2) is 7.51. The fraction of sp³-hybridized carbons (Fsp3) is 0.667. The lowest BCUT2D eigenvalue weighted by atomic mass is 9.70. The SMILES string of the molecule is Cc1cc(NC(=O)C2CC(C)CCC2C(C)C)ccc1C(C)C. The first-order chi connectivity index (χ1) is 10.8.